The van der Waals surface area contributed by atoms with Crippen LogP contribution in [0.4, 0.5) is 5.69 Å². The number of hydrogen-bond acceptors (Lipinski definition) is 5. The second-order valence-electron chi connectivity index (χ2n) is 6.04. The molecule has 0 saturated carbocycles. The number of hydrogen-bond donors (Lipinski definition) is 2. The molecule has 25 heavy (non-hydrogen) atoms. The first-order chi connectivity index (χ1) is 11.6. The fourth-order valence-electron chi connectivity index (χ4n) is 2.04. The number of aromatic nitrogens is 2. The maximum Gasteiger partial charge on any atom is 0.335 e. The average molecular weight is 367 g/mol. The van der Waals surface area contributed by atoms with E-state index < -0.39 is 16.0 Å². The van der Waals surface area contributed by atoms with Crippen molar-refractivity contribution >= 4 is 21.7 Å². The number of ether oxygens (including phenoxy) is 1. The monoisotopic (exact) mass is 367 g/mol. The summed E-state index contributed by atoms with van der Waals surface area (Å²) in [5, 5.41) is 13.1. The van der Waals surface area contributed by atoms with Gasteiger partial charge in [0, 0.05) is 12.2 Å². The van der Waals surface area contributed by atoms with E-state index in [1.165, 1.54) is 35.3 Å². The van der Waals surface area contributed by atoms with Crippen molar-refractivity contribution in [2.45, 2.75) is 44.7 Å². The summed E-state index contributed by atoms with van der Waals surface area (Å²) in [7, 11) is -3.93. The van der Waals surface area contributed by atoms with Crippen molar-refractivity contribution in [3.8, 4) is 5.75 Å². The minimum atomic E-state index is -3.93. The standard InChI is InChI=1S/C16H21N3O5S/c1-10(2)19-9-13(8-17-19)25(22,23)18-14-7-12(16(20)21)5-6-15(14)24-11(3)4/h5-11,18H,1-4H3,(H,20,21). The summed E-state index contributed by atoms with van der Waals surface area (Å²) in [6.07, 6.45) is 2.45. The van der Waals surface area contributed by atoms with Crippen molar-refractivity contribution < 1.29 is 23.1 Å². The van der Waals surface area contributed by atoms with Gasteiger partial charge < -0.3 is 9.84 Å². The number of carboxylic acids is 1. The van der Waals surface area contributed by atoms with Gasteiger partial charge in [0.2, 0.25) is 0 Å². The van der Waals surface area contributed by atoms with E-state index in [0.717, 1.165) is 0 Å². The Labute approximate surface area is 146 Å². The van der Waals surface area contributed by atoms with Gasteiger partial charge in [-0.1, -0.05) is 0 Å². The van der Waals surface area contributed by atoms with Gasteiger partial charge in [0.15, 0.2) is 0 Å². The molecule has 0 spiro atoms. The predicted molar refractivity (Wildman–Crippen MR) is 92.6 cm³/mol. The highest BCUT2D eigenvalue weighted by Crippen LogP contribution is 2.29. The third-order valence-electron chi connectivity index (χ3n) is 3.25. The first kappa shape index (κ1) is 18.8. The maximum absolute atomic E-state index is 12.6. The quantitative estimate of drug-likeness (QED) is 0.778. The SMILES string of the molecule is CC(C)Oc1ccc(C(=O)O)cc1NS(=O)(=O)c1cnn(C(C)C)c1. The lowest BCUT2D eigenvalue weighted by Crippen LogP contribution is -2.15. The molecule has 0 saturated heterocycles. The average Bonchev–Trinajstić information content (AvgIpc) is 2.99. The number of carbonyl (C=O) groups is 1. The first-order valence-corrected chi connectivity index (χ1v) is 9.19. The molecule has 2 aromatic rings. The molecule has 1 aromatic carbocycles. The molecule has 1 aromatic heterocycles. The van der Waals surface area contributed by atoms with Crippen LogP contribution in [0.15, 0.2) is 35.5 Å². The lowest BCUT2D eigenvalue weighted by molar-refractivity contribution is 0.0697. The molecular formula is C16H21N3O5S. The van der Waals surface area contributed by atoms with Gasteiger partial charge >= 0.3 is 5.97 Å². The van der Waals surface area contributed by atoms with Crippen molar-refractivity contribution in [1.29, 1.82) is 0 Å². The predicted octanol–water partition coefficient (Wildman–Crippen LogP) is 2.75. The third-order valence-corrected chi connectivity index (χ3v) is 4.57. The fraction of sp³-hybridized carbons (Fsp3) is 0.375. The molecule has 0 aliphatic rings. The van der Waals surface area contributed by atoms with E-state index >= 15 is 0 Å². The van der Waals surface area contributed by atoms with Crippen LogP contribution in [0.2, 0.25) is 0 Å². The van der Waals surface area contributed by atoms with E-state index in [-0.39, 0.29) is 34.0 Å². The molecule has 2 rings (SSSR count). The van der Waals surface area contributed by atoms with E-state index in [9.17, 15) is 13.2 Å². The molecule has 136 valence electrons. The highest BCUT2D eigenvalue weighted by atomic mass is 32.2. The van der Waals surface area contributed by atoms with Gasteiger partial charge in [0.25, 0.3) is 10.0 Å². The summed E-state index contributed by atoms with van der Waals surface area (Å²) < 4.78 is 34.7. The highest BCUT2D eigenvalue weighted by molar-refractivity contribution is 7.92. The Hall–Kier alpha value is -2.55. The second kappa shape index (κ2) is 7.14. The highest BCUT2D eigenvalue weighted by Gasteiger charge is 2.21. The summed E-state index contributed by atoms with van der Waals surface area (Å²) in [4.78, 5) is 11.2. The van der Waals surface area contributed by atoms with Crippen LogP contribution in [0, 0.1) is 0 Å². The molecule has 8 nitrogen and oxygen atoms in total. The van der Waals surface area contributed by atoms with Crippen LogP contribution < -0.4 is 9.46 Å². The zero-order chi connectivity index (χ0) is 18.8. The van der Waals surface area contributed by atoms with Crippen molar-refractivity contribution in [1.82, 2.24) is 9.78 Å². The molecule has 0 atom stereocenters. The Balaban J connectivity index is 2.41. The smallest absolute Gasteiger partial charge is 0.335 e. The van der Waals surface area contributed by atoms with Crippen LogP contribution in [0.25, 0.3) is 0 Å². The van der Waals surface area contributed by atoms with E-state index in [2.05, 4.69) is 9.82 Å². The zero-order valence-corrected chi connectivity index (χ0v) is 15.2. The first-order valence-electron chi connectivity index (χ1n) is 7.71. The van der Waals surface area contributed by atoms with Crippen molar-refractivity contribution in [3.63, 3.8) is 0 Å². The fourth-order valence-corrected chi connectivity index (χ4v) is 3.04. The summed E-state index contributed by atoms with van der Waals surface area (Å²) in [5.41, 5.74) is 0.0116. The number of anilines is 1. The Morgan fingerprint density at radius 1 is 1.28 bits per heavy atom. The largest absolute Gasteiger partial charge is 0.489 e. The van der Waals surface area contributed by atoms with Gasteiger partial charge in [-0.05, 0) is 45.9 Å². The molecule has 2 N–H and O–H groups in total. The zero-order valence-electron chi connectivity index (χ0n) is 14.4. The van der Waals surface area contributed by atoms with Crippen LogP contribution in [0.5, 0.6) is 5.75 Å². The number of aromatic carboxylic acids is 1. The normalized spacial score (nSPS) is 11.8. The molecule has 0 unspecified atom stereocenters. The van der Waals surface area contributed by atoms with E-state index in [0.29, 0.717) is 0 Å². The van der Waals surface area contributed by atoms with Gasteiger partial charge in [-0.2, -0.15) is 5.10 Å². The number of nitrogens with one attached hydrogen (secondary N) is 1. The molecule has 0 bridgehead atoms. The number of carboxylic acid groups (broad SMARTS) is 1. The molecule has 1 heterocycles. The van der Waals surface area contributed by atoms with E-state index in [1.807, 2.05) is 13.8 Å². The van der Waals surface area contributed by atoms with Crippen molar-refractivity contribution in [2.24, 2.45) is 0 Å². The molecule has 0 amide bonds. The van der Waals surface area contributed by atoms with Gasteiger partial charge in [-0.15, -0.1) is 0 Å². The van der Waals surface area contributed by atoms with Crippen LogP contribution in [0.1, 0.15) is 44.1 Å². The Kier molecular flexibility index (Phi) is 5.36. The Morgan fingerprint density at radius 2 is 1.96 bits per heavy atom. The molecule has 0 aliphatic heterocycles. The molecular weight excluding hydrogens is 346 g/mol. The lowest BCUT2D eigenvalue weighted by Gasteiger charge is -2.16. The minimum Gasteiger partial charge on any atom is -0.489 e. The van der Waals surface area contributed by atoms with E-state index in [1.54, 1.807) is 13.8 Å². The Morgan fingerprint density at radius 3 is 2.48 bits per heavy atom. The van der Waals surface area contributed by atoms with Crippen molar-refractivity contribution in [3.05, 3.63) is 36.2 Å². The van der Waals surface area contributed by atoms with Gasteiger partial charge in [-0.25, -0.2) is 13.2 Å². The molecule has 0 radical (unpaired) electrons. The number of benzene rings is 1. The minimum absolute atomic E-state index is 0.0131. The summed E-state index contributed by atoms with van der Waals surface area (Å²) in [6, 6.07) is 4.02. The van der Waals surface area contributed by atoms with Crippen LogP contribution >= 0.6 is 0 Å². The Bertz CT molecular complexity index is 872. The van der Waals surface area contributed by atoms with Gasteiger partial charge in [-0.3, -0.25) is 9.40 Å². The topological polar surface area (TPSA) is 111 Å². The number of nitrogens with zero attached hydrogens (tertiary/aromatic N) is 2. The summed E-state index contributed by atoms with van der Waals surface area (Å²) in [6.45, 7) is 7.33. The third kappa shape index (κ3) is 4.50. The van der Waals surface area contributed by atoms with Crippen molar-refractivity contribution in [2.75, 3.05) is 4.72 Å². The van der Waals surface area contributed by atoms with Crippen LogP contribution in [-0.4, -0.2) is 35.4 Å². The van der Waals surface area contributed by atoms with Gasteiger partial charge in [0.1, 0.15) is 10.6 Å². The molecule has 0 aliphatic carbocycles. The summed E-state index contributed by atoms with van der Waals surface area (Å²) >= 11 is 0. The lowest BCUT2D eigenvalue weighted by atomic mass is 10.2. The number of rotatable bonds is 7. The maximum atomic E-state index is 12.6. The molecule has 0 fully saturated rings. The van der Waals surface area contributed by atoms with Crippen LogP contribution in [0.3, 0.4) is 0 Å². The van der Waals surface area contributed by atoms with Gasteiger partial charge in [0.05, 0.1) is 23.6 Å². The van der Waals surface area contributed by atoms with Crippen LogP contribution in [-0.2, 0) is 10.0 Å². The summed E-state index contributed by atoms with van der Waals surface area (Å²) in [5.74, 6) is -0.913. The number of sulfonamides is 1. The van der Waals surface area contributed by atoms with E-state index in [4.69, 9.17) is 9.84 Å². The second-order valence-corrected chi connectivity index (χ2v) is 7.72. The molecule has 9 heteroatoms.